The zero-order valence-electron chi connectivity index (χ0n) is 20.0. The van der Waals surface area contributed by atoms with E-state index in [2.05, 4.69) is 28.2 Å². The van der Waals surface area contributed by atoms with E-state index in [1.807, 2.05) is 77.5 Å². The van der Waals surface area contributed by atoms with Crippen LogP contribution in [0.15, 0.2) is 95.9 Å². The highest BCUT2D eigenvalue weighted by Gasteiger charge is 2.15. The highest BCUT2D eigenvalue weighted by Crippen LogP contribution is 2.31. The molecule has 36 heavy (non-hydrogen) atoms. The molecule has 0 unspecified atom stereocenters. The lowest BCUT2D eigenvalue weighted by Gasteiger charge is -2.09. The summed E-state index contributed by atoms with van der Waals surface area (Å²) in [6.07, 6.45) is 1.73. The Morgan fingerprint density at radius 2 is 1.44 bits per heavy atom. The third-order valence-electron chi connectivity index (χ3n) is 5.66. The lowest BCUT2D eigenvalue weighted by atomic mass is 10.1. The van der Waals surface area contributed by atoms with E-state index < -0.39 is 0 Å². The molecule has 0 aliphatic rings. The maximum absolute atomic E-state index is 5.69. The molecule has 0 spiro atoms. The van der Waals surface area contributed by atoms with E-state index in [1.54, 1.807) is 20.3 Å². The van der Waals surface area contributed by atoms with Gasteiger partial charge in [-0.15, -0.1) is 11.7 Å². The molecule has 8 nitrogen and oxygen atoms in total. The number of nitrogens with one attached hydrogen (secondary N) is 1. The van der Waals surface area contributed by atoms with Crippen LogP contribution in [-0.4, -0.2) is 40.7 Å². The lowest BCUT2D eigenvalue weighted by Crippen LogP contribution is -1.99. The molecule has 0 atom stereocenters. The summed E-state index contributed by atoms with van der Waals surface area (Å²) in [6, 6.07) is 26.1. The van der Waals surface area contributed by atoms with Gasteiger partial charge in [0.1, 0.15) is 11.5 Å². The van der Waals surface area contributed by atoms with Crippen LogP contribution < -0.4 is 14.8 Å². The summed E-state index contributed by atoms with van der Waals surface area (Å²) >= 11 is 0. The summed E-state index contributed by atoms with van der Waals surface area (Å²) in [5.74, 6) is 2.03. The van der Waals surface area contributed by atoms with Gasteiger partial charge in [-0.25, -0.2) is 4.68 Å². The van der Waals surface area contributed by atoms with Gasteiger partial charge in [-0.2, -0.15) is 5.10 Å². The Bertz CT molecular complexity index is 1450. The van der Waals surface area contributed by atoms with Crippen LogP contribution in [0.4, 0.5) is 6.01 Å². The Morgan fingerprint density at radius 3 is 2.06 bits per heavy atom. The fourth-order valence-corrected chi connectivity index (χ4v) is 3.76. The number of ether oxygens (including phenoxy) is 2. The molecule has 5 aromatic rings. The second-order valence-electron chi connectivity index (χ2n) is 7.91. The maximum Gasteiger partial charge on any atom is 0.315 e. The SMILES string of the molecule is C=CCNc1nnc(-c2ccc(-n3nc(-c4ccc(OC)cc4)cc3-c3ccc(OC)cc3)cc2)o1. The fraction of sp³-hybridized carbons (Fsp3) is 0.107. The van der Waals surface area contributed by atoms with Crippen LogP contribution in [0.25, 0.3) is 39.7 Å². The minimum Gasteiger partial charge on any atom is -0.497 e. The highest BCUT2D eigenvalue weighted by atomic mass is 16.5. The summed E-state index contributed by atoms with van der Waals surface area (Å²) in [7, 11) is 3.31. The minimum absolute atomic E-state index is 0.354. The first kappa shape index (κ1) is 22.9. The van der Waals surface area contributed by atoms with E-state index in [9.17, 15) is 0 Å². The molecule has 2 aromatic heterocycles. The Hall–Kier alpha value is -4.85. The molecule has 2 heterocycles. The third kappa shape index (κ3) is 4.69. The number of hydrogen-bond donors (Lipinski definition) is 1. The van der Waals surface area contributed by atoms with Gasteiger partial charge in [0.15, 0.2) is 0 Å². The Balaban J connectivity index is 1.52. The van der Waals surface area contributed by atoms with Crippen LogP contribution in [-0.2, 0) is 0 Å². The average Bonchev–Trinajstić information content (AvgIpc) is 3.60. The Morgan fingerprint density at radius 1 is 0.833 bits per heavy atom. The van der Waals surface area contributed by atoms with Gasteiger partial charge >= 0.3 is 6.01 Å². The highest BCUT2D eigenvalue weighted by molar-refractivity contribution is 5.71. The number of benzene rings is 3. The first-order chi connectivity index (χ1) is 17.7. The van der Waals surface area contributed by atoms with Crippen molar-refractivity contribution in [3.63, 3.8) is 0 Å². The van der Waals surface area contributed by atoms with Gasteiger partial charge in [0.2, 0.25) is 5.89 Å². The Labute approximate surface area is 208 Å². The van der Waals surface area contributed by atoms with Gasteiger partial charge in [-0.3, -0.25) is 0 Å². The number of rotatable bonds is 9. The molecule has 3 aromatic carbocycles. The van der Waals surface area contributed by atoms with Gasteiger partial charge in [0, 0.05) is 23.2 Å². The van der Waals surface area contributed by atoms with Crippen molar-refractivity contribution in [1.82, 2.24) is 20.0 Å². The molecule has 0 radical (unpaired) electrons. The van der Waals surface area contributed by atoms with Crippen molar-refractivity contribution in [2.75, 3.05) is 26.1 Å². The van der Waals surface area contributed by atoms with Crippen molar-refractivity contribution >= 4 is 6.01 Å². The largest absolute Gasteiger partial charge is 0.497 e. The van der Waals surface area contributed by atoms with Crippen LogP contribution in [0.3, 0.4) is 0 Å². The molecule has 180 valence electrons. The van der Waals surface area contributed by atoms with Crippen molar-refractivity contribution in [1.29, 1.82) is 0 Å². The number of nitrogens with zero attached hydrogens (tertiary/aromatic N) is 4. The van der Waals surface area contributed by atoms with Gasteiger partial charge in [0.05, 0.1) is 31.3 Å². The number of anilines is 1. The standard InChI is InChI=1S/C28H25N5O3/c1-4-17-29-28-31-30-27(36-28)21-5-11-22(12-6-21)33-26(20-9-15-24(35-3)16-10-20)18-25(32-33)19-7-13-23(34-2)14-8-19/h4-16,18H,1,17H2,2-3H3,(H,29,31). The summed E-state index contributed by atoms with van der Waals surface area (Å²) in [5, 5.41) is 16.1. The predicted molar refractivity (Wildman–Crippen MR) is 140 cm³/mol. The zero-order valence-corrected chi connectivity index (χ0v) is 20.0. The molecule has 0 fully saturated rings. The van der Waals surface area contributed by atoms with Crippen LogP contribution in [0.5, 0.6) is 11.5 Å². The average molecular weight is 480 g/mol. The molecule has 1 N–H and O–H groups in total. The van der Waals surface area contributed by atoms with E-state index in [-0.39, 0.29) is 0 Å². The fourth-order valence-electron chi connectivity index (χ4n) is 3.76. The zero-order chi connectivity index (χ0) is 24.9. The van der Waals surface area contributed by atoms with E-state index >= 15 is 0 Å². The number of hydrogen-bond acceptors (Lipinski definition) is 7. The van der Waals surface area contributed by atoms with Crippen molar-refractivity contribution in [3.8, 4) is 51.2 Å². The van der Waals surface area contributed by atoms with Crippen molar-refractivity contribution in [3.05, 3.63) is 91.5 Å². The molecular formula is C28H25N5O3. The van der Waals surface area contributed by atoms with Gasteiger partial charge in [-0.1, -0.05) is 11.2 Å². The second kappa shape index (κ2) is 10.2. The summed E-state index contributed by atoms with van der Waals surface area (Å²) in [5.41, 5.74) is 5.51. The van der Waals surface area contributed by atoms with E-state index in [1.165, 1.54) is 0 Å². The van der Waals surface area contributed by atoms with Crippen LogP contribution in [0, 0.1) is 0 Å². The van der Waals surface area contributed by atoms with Crippen LogP contribution in [0.2, 0.25) is 0 Å². The monoisotopic (exact) mass is 479 g/mol. The van der Waals surface area contributed by atoms with Crippen molar-refractivity contribution in [2.24, 2.45) is 0 Å². The molecule has 0 aliphatic heterocycles. The molecule has 5 rings (SSSR count). The quantitative estimate of drug-likeness (QED) is 0.265. The molecule has 8 heteroatoms. The molecule has 0 amide bonds. The normalized spacial score (nSPS) is 10.7. The topological polar surface area (TPSA) is 87.2 Å². The maximum atomic E-state index is 5.69. The van der Waals surface area contributed by atoms with Gasteiger partial charge in [0.25, 0.3) is 0 Å². The second-order valence-corrected chi connectivity index (χ2v) is 7.91. The lowest BCUT2D eigenvalue weighted by molar-refractivity contribution is 0.414. The van der Waals surface area contributed by atoms with E-state index in [0.29, 0.717) is 18.5 Å². The predicted octanol–water partition coefficient (Wildman–Crippen LogP) is 5.87. The van der Waals surface area contributed by atoms with Crippen molar-refractivity contribution in [2.45, 2.75) is 0 Å². The van der Waals surface area contributed by atoms with Crippen molar-refractivity contribution < 1.29 is 13.9 Å². The van der Waals surface area contributed by atoms with E-state index in [0.717, 1.165) is 45.3 Å². The first-order valence-electron chi connectivity index (χ1n) is 11.4. The van der Waals surface area contributed by atoms with Crippen LogP contribution in [0.1, 0.15) is 0 Å². The summed E-state index contributed by atoms with van der Waals surface area (Å²) in [4.78, 5) is 0. The first-order valence-corrected chi connectivity index (χ1v) is 11.4. The molecular weight excluding hydrogens is 454 g/mol. The molecule has 0 bridgehead atoms. The minimum atomic E-state index is 0.354. The van der Waals surface area contributed by atoms with Gasteiger partial charge < -0.3 is 19.2 Å². The number of methoxy groups -OCH3 is 2. The van der Waals surface area contributed by atoms with Crippen LogP contribution >= 0.6 is 0 Å². The molecule has 0 saturated heterocycles. The third-order valence-corrected chi connectivity index (χ3v) is 5.66. The number of aromatic nitrogens is 4. The Kier molecular flexibility index (Phi) is 6.48. The van der Waals surface area contributed by atoms with E-state index in [4.69, 9.17) is 19.0 Å². The smallest absolute Gasteiger partial charge is 0.315 e. The summed E-state index contributed by atoms with van der Waals surface area (Å²) < 4.78 is 18.2. The summed E-state index contributed by atoms with van der Waals surface area (Å²) in [6.45, 7) is 4.22. The van der Waals surface area contributed by atoms with Gasteiger partial charge in [-0.05, 0) is 78.9 Å². The molecule has 0 aliphatic carbocycles. The molecule has 0 saturated carbocycles.